The van der Waals surface area contributed by atoms with Gasteiger partial charge in [-0.25, -0.2) is 27.5 Å². The van der Waals surface area contributed by atoms with Crippen LogP contribution in [-0.4, -0.2) is 117 Å². The third-order valence-electron chi connectivity index (χ3n) is 14.3. The van der Waals surface area contributed by atoms with Crippen LogP contribution in [-0.2, 0) is 38.7 Å². The average Bonchev–Trinajstić information content (AvgIpc) is 4.10. The molecule has 3 atom stereocenters. The van der Waals surface area contributed by atoms with Gasteiger partial charge >= 0.3 is 0 Å². The van der Waals surface area contributed by atoms with E-state index in [9.17, 15) is 24.0 Å². The summed E-state index contributed by atoms with van der Waals surface area (Å²) in [7, 11) is 0. The zero-order valence-corrected chi connectivity index (χ0v) is 37.5. The topological polar surface area (TPSA) is 165 Å². The number of alkyl halides is 2. The third kappa shape index (κ3) is 7.95. The van der Waals surface area contributed by atoms with E-state index in [1.807, 2.05) is 28.8 Å². The van der Waals surface area contributed by atoms with Crippen LogP contribution in [0.4, 0.5) is 34.1 Å². The summed E-state index contributed by atoms with van der Waals surface area (Å²) >= 11 is 1.26. The maximum absolute atomic E-state index is 15.9. The number of carbonyl (C=O) groups excluding carboxylic acids is 5. The average molecular weight is 951 g/mol. The van der Waals surface area contributed by atoms with Crippen LogP contribution in [0.1, 0.15) is 70.5 Å². The van der Waals surface area contributed by atoms with Gasteiger partial charge < -0.3 is 24.6 Å². The van der Waals surface area contributed by atoms with E-state index in [0.29, 0.717) is 54.6 Å². The fraction of sp³-hybridized carbons (Fsp3) is 0.396. The zero-order chi connectivity index (χ0) is 47.1. The molecular weight excluding hydrogens is 905 g/mol. The molecule has 0 radical (unpaired) electrons. The first-order chi connectivity index (χ1) is 32.7. The third-order valence-corrected chi connectivity index (χ3v) is 15.0. The van der Waals surface area contributed by atoms with Crippen molar-refractivity contribution in [1.82, 2.24) is 34.6 Å². The van der Waals surface area contributed by atoms with Gasteiger partial charge in [0, 0.05) is 84.3 Å². The van der Waals surface area contributed by atoms with Gasteiger partial charge in [-0.05, 0) is 85.3 Å². The number of aryl methyl sites for hydroxylation is 1. The molecule has 0 aliphatic carbocycles. The van der Waals surface area contributed by atoms with Crippen molar-refractivity contribution in [2.24, 2.45) is 5.41 Å². The van der Waals surface area contributed by atoms with Crippen molar-refractivity contribution in [2.75, 3.05) is 61.3 Å². The molecule has 0 saturated carbocycles. The van der Waals surface area contributed by atoms with E-state index in [1.165, 1.54) is 39.3 Å². The van der Waals surface area contributed by atoms with Gasteiger partial charge in [0.15, 0.2) is 11.2 Å². The highest BCUT2D eigenvalue weighted by atomic mass is 32.1. The number of fused-ring (bicyclic) bond motifs is 2. The number of imide groups is 1. The van der Waals surface area contributed by atoms with Gasteiger partial charge in [0.1, 0.15) is 17.7 Å². The fourth-order valence-electron chi connectivity index (χ4n) is 10.9. The minimum atomic E-state index is -3.29. The molecule has 3 N–H and O–H groups in total. The van der Waals surface area contributed by atoms with E-state index in [-0.39, 0.29) is 78.5 Å². The van der Waals surface area contributed by atoms with Crippen LogP contribution in [0.25, 0.3) is 11.1 Å². The molecule has 11 rings (SSSR count). The lowest BCUT2D eigenvalue weighted by Gasteiger charge is -2.61. The lowest BCUT2D eigenvalue weighted by atomic mass is 9.72. The number of piperidine rings is 2. The van der Waals surface area contributed by atoms with Crippen LogP contribution in [0, 0.1) is 17.0 Å². The van der Waals surface area contributed by atoms with Crippen molar-refractivity contribution < 1.29 is 41.5 Å². The Morgan fingerprint density at radius 3 is 2.44 bits per heavy atom. The number of anilines is 3. The predicted molar refractivity (Wildman–Crippen MR) is 242 cm³/mol. The molecule has 4 fully saturated rings. The monoisotopic (exact) mass is 950 g/mol. The molecule has 8 heterocycles. The number of rotatable bonds is 11. The number of thiazole rings is 1. The van der Waals surface area contributed by atoms with Crippen molar-refractivity contribution in [3.05, 3.63) is 112 Å². The number of aromatic nitrogens is 3. The predicted octanol–water partition coefficient (Wildman–Crippen LogP) is 5.56. The van der Waals surface area contributed by atoms with Gasteiger partial charge in [-0.1, -0.05) is 18.2 Å². The Kier molecular flexibility index (Phi) is 10.9. The lowest BCUT2D eigenvalue weighted by Crippen LogP contribution is -2.73. The van der Waals surface area contributed by atoms with Gasteiger partial charge in [-0.3, -0.25) is 39.5 Å². The molecule has 2 aromatic heterocycles. The highest BCUT2D eigenvalue weighted by Gasteiger charge is 2.54. The van der Waals surface area contributed by atoms with Gasteiger partial charge in [-0.15, -0.1) is 11.3 Å². The van der Waals surface area contributed by atoms with Crippen LogP contribution >= 0.6 is 11.3 Å². The summed E-state index contributed by atoms with van der Waals surface area (Å²) in [4.78, 5) is 80.3. The molecule has 15 nitrogen and oxygen atoms in total. The number of halogens is 4. The normalized spacial score (nSPS) is 22.1. The second-order valence-corrected chi connectivity index (χ2v) is 19.8. The van der Waals surface area contributed by atoms with E-state index in [1.54, 1.807) is 28.9 Å². The lowest BCUT2D eigenvalue weighted by molar-refractivity contribution is -0.149. The maximum atomic E-state index is 15.9. The van der Waals surface area contributed by atoms with Crippen LogP contribution < -0.4 is 20.9 Å². The Labute approximate surface area is 391 Å². The molecule has 20 heteroatoms. The zero-order valence-electron chi connectivity index (χ0n) is 36.7. The van der Waals surface area contributed by atoms with E-state index in [0.717, 1.165) is 30.4 Å². The van der Waals surface area contributed by atoms with Crippen LogP contribution in [0.5, 0.6) is 0 Å². The van der Waals surface area contributed by atoms with E-state index in [4.69, 9.17) is 0 Å². The number of benzene rings is 3. The largest absolute Gasteiger partial charge is 0.374 e. The van der Waals surface area contributed by atoms with E-state index >= 15 is 17.6 Å². The number of imidazole rings is 1. The maximum Gasteiger partial charge on any atom is 0.267 e. The standard InChI is InChI=1S/C48H46F4N10O5S/c49-35-17-28(16-32-33(35)19-62(45(32)67)42(44(66)57-46-53-12-15-68-46)41-38-2-1-13-59(38)26-54-41)27-3-6-30(7-4-27)60-21-47(22-60)23-61(24-47)40(64)20-58-14-11-34(48(51,52)25-58)31-8-5-29(18-36(31)50)55-37-9-10-39(63)56-43(37)65/h3-8,12,15-18,26,34,37,42,55H,1-2,9-11,13-14,19-25H2,(H,53,57,66)(H,56,63,65). The summed E-state index contributed by atoms with van der Waals surface area (Å²) in [6.07, 6.45) is 5.20. The summed E-state index contributed by atoms with van der Waals surface area (Å²) in [6.45, 7) is 2.43. The summed E-state index contributed by atoms with van der Waals surface area (Å²) in [5.74, 6) is -8.10. The second kappa shape index (κ2) is 16.8. The summed E-state index contributed by atoms with van der Waals surface area (Å²) in [6, 6.07) is 12.7. The van der Waals surface area contributed by atoms with Crippen molar-refractivity contribution >= 4 is 57.4 Å². The quantitative estimate of drug-likeness (QED) is 0.113. The number of hydrogen-bond donors (Lipinski definition) is 3. The molecule has 4 saturated heterocycles. The number of carbonyl (C=O) groups is 5. The fourth-order valence-corrected chi connectivity index (χ4v) is 11.4. The Bertz CT molecular complexity index is 2860. The molecule has 1 spiro atoms. The summed E-state index contributed by atoms with van der Waals surface area (Å²) < 4.78 is 64.4. The summed E-state index contributed by atoms with van der Waals surface area (Å²) in [5, 5.41) is 10.0. The minimum Gasteiger partial charge on any atom is -0.374 e. The van der Waals surface area contributed by atoms with Gasteiger partial charge in [0.2, 0.25) is 17.7 Å². The van der Waals surface area contributed by atoms with Crippen LogP contribution in [0.15, 0.2) is 72.5 Å². The minimum absolute atomic E-state index is 0.0451. The van der Waals surface area contributed by atoms with Crippen molar-refractivity contribution in [1.29, 1.82) is 0 Å². The molecule has 5 aromatic rings. The van der Waals surface area contributed by atoms with Gasteiger partial charge in [0.05, 0.1) is 37.6 Å². The van der Waals surface area contributed by atoms with Crippen molar-refractivity contribution in [2.45, 2.75) is 69.1 Å². The molecule has 352 valence electrons. The second-order valence-electron chi connectivity index (χ2n) is 18.9. The van der Waals surface area contributed by atoms with Gasteiger partial charge in [-0.2, -0.15) is 0 Å². The Morgan fingerprint density at radius 2 is 1.71 bits per heavy atom. The smallest absolute Gasteiger partial charge is 0.267 e. The number of nitrogens with zero attached hydrogens (tertiary/aromatic N) is 7. The number of nitrogens with one attached hydrogen (secondary N) is 3. The van der Waals surface area contributed by atoms with E-state index in [2.05, 4.69) is 30.8 Å². The molecule has 0 bridgehead atoms. The SMILES string of the molecule is O=C1CCC(Nc2ccc(C3CCN(CC(=O)N4CC5(C4)CN(c4ccc(-c6cc(F)c7c(c6)C(=O)N(C(C(=O)Nc6nccs6)c6ncn8c6CCC8)C7)cc4)C5)CC3(F)F)c(F)c2)C(=O)N1. The molecule has 3 aromatic carbocycles. The molecule has 5 amide bonds. The van der Waals surface area contributed by atoms with Crippen LogP contribution in [0.2, 0.25) is 0 Å². The van der Waals surface area contributed by atoms with Crippen LogP contribution in [0.3, 0.4) is 0 Å². The number of amides is 5. The molecule has 3 unspecified atom stereocenters. The highest BCUT2D eigenvalue weighted by molar-refractivity contribution is 7.13. The molecule has 68 heavy (non-hydrogen) atoms. The van der Waals surface area contributed by atoms with E-state index < -0.39 is 59.8 Å². The molecular formula is C48H46F4N10O5S. The first-order valence-corrected chi connectivity index (χ1v) is 23.6. The number of likely N-dealkylation sites (tertiary alicyclic amines) is 2. The molecule has 6 aliphatic heterocycles. The Balaban J connectivity index is 0.680. The first kappa shape index (κ1) is 43.9. The van der Waals surface area contributed by atoms with Gasteiger partial charge in [0.25, 0.3) is 17.7 Å². The Morgan fingerprint density at radius 1 is 0.897 bits per heavy atom. The van der Waals surface area contributed by atoms with Crippen molar-refractivity contribution in [3.8, 4) is 11.1 Å². The highest BCUT2D eigenvalue weighted by Crippen LogP contribution is 2.45. The van der Waals surface area contributed by atoms with Crippen molar-refractivity contribution in [3.63, 3.8) is 0 Å². The molecule has 6 aliphatic rings. The Hall–Kier alpha value is -6.67. The summed E-state index contributed by atoms with van der Waals surface area (Å²) in [5.41, 5.74) is 3.96. The first-order valence-electron chi connectivity index (χ1n) is 22.7. The number of hydrogen-bond acceptors (Lipinski definition) is 11.